The summed E-state index contributed by atoms with van der Waals surface area (Å²) in [5.74, 6) is -1.03. The molecule has 0 aliphatic rings. The first-order valence-electron chi connectivity index (χ1n) is 6.67. The Balaban J connectivity index is 3.27. The molecule has 0 spiro atoms. The van der Waals surface area contributed by atoms with Gasteiger partial charge in [0.05, 0.1) is 10.5 Å². The summed E-state index contributed by atoms with van der Waals surface area (Å²) in [6.07, 6.45) is 0.474. The Bertz CT molecular complexity index is 542. The molecule has 3 N–H and O–H groups in total. The van der Waals surface area contributed by atoms with Crippen molar-refractivity contribution >= 4 is 17.3 Å². The molecule has 1 unspecified atom stereocenters. The zero-order chi connectivity index (χ0) is 16.2. The second-order valence-corrected chi connectivity index (χ2v) is 5.24. The van der Waals surface area contributed by atoms with Gasteiger partial charge in [-0.25, -0.2) is 4.79 Å². The van der Waals surface area contributed by atoms with Crippen molar-refractivity contribution in [2.45, 2.75) is 33.2 Å². The molecule has 1 atom stereocenters. The number of aromatic carboxylic acids is 1. The van der Waals surface area contributed by atoms with Crippen molar-refractivity contribution in [3.05, 3.63) is 33.4 Å². The highest BCUT2D eigenvalue weighted by Gasteiger charge is 2.21. The van der Waals surface area contributed by atoms with Crippen molar-refractivity contribution in [3.63, 3.8) is 0 Å². The molecule has 0 aromatic heterocycles. The van der Waals surface area contributed by atoms with Gasteiger partial charge >= 0.3 is 5.97 Å². The van der Waals surface area contributed by atoms with Crippen LogP contribution in [0.4, 0.5) is 11.4 Å². The third-order valence-corrected chi connectivity index (χ3v) is 3.41. The molecule has 0 saturated carbocycles. The van der Waals surface area contributed by atoms with E-state index >= 15 is 0 Å². The largest absolute Gasteiger partial charge is 0.478 e. The van der Waals surface area contributed by atoms with Crippen molar-refractivity contribution < 1.29 is 19.9 Å². The lowest BCUT2D eigenvalue weighted by Crippen LogP contribution is -2.27. The second-order valence-electron chi connectivity index (χ2n) is 5.24. The van der Waals surface area contributed by atoms with Gasteiger partial charge in [0.15, 0.2) is 0 Å². The average molecular weight is 296 g/mol. The molecule has 1 rings (SSSR count). The molecule has 116 valence electrons. The maximum Gasteiger partial charge on any atom is 0.336 e. The number of nitro groups is 1. The minimum absolute atomic E-state index is 0.0182. The molecule has 7 heteroatoms. The maximum atomic E-state index is 11.1. The standard InChI is InChI=1S/C14H20N2O5/c1-8(2)11(4-5-17)15-12-6-10(14(18)19)7-13(9(12)3)16(20)21/h6-8,11,15,17H,4-5H2,1-3H3,(H,18,19). The van der Waals surface area contributed by atoms with Gasteiger partial charge < -0.3 is 15.5 Å². The summed E-state index contributed by atoms with van der Waals surface area (Å²) in [5, 5.41) is 32.3. The molecule has 0 amide bonds. The van der Waals surface area contributed by atoms with E-state index in [1.807, 2.05) is 13.8 Å². The predicted molar refractivity (Wildman–Crippen MR) is 78.7 cm³/mol. The Hall–Kier alpha value is -2.15. The summed E-state index contributed by atoms with van der Waals surface area (Å²) in [6, 6.07) is 2.34. The number of rotatable bonds is 7. The number of nitro benzene ring substituents is 1. The van der Waals surface area contributed by atoms with Crippen molar-refractivity contribution in [3.8, 4) is 0 Å². The molecule has 0 radical (unpaired) electrons. The minimum atomic E-state index is -1.22. The van der Waals surface area contributed by atoms with E-state index in [9.17, 15) is 14.9 Å². The molecule has 7 nitrogen and oxygen atoms in total. The number of nitrogens with zero attached hydrogens (tertiary/aromatic N) is 1. The van der Waals surface area contributed by atoms with Crippen LogP contribution in [0.1, 0.15) is 36.2 Å². The molecule has 0 aliphatic carbocycles. The average Bonchev–Trinajstić information content (AvgIpc) is 2.39. The molecular formula is C14H20N2O5. The SMILES string of the molecule is Cc1c(NC(CCO)C(C)C)cc(C(=O)O)cc1[N+](=O)[O-]. The van der Waals surface area contributed by atoms with Crippen LogP contribution in [-0.2, 0) is 0 Å². The van der Waals surface area contributed by atoms with E-state index in [4.69, 9.17) is 10.2 Å². The highest BCUT2D eigenvalue weighted by atomic mass is 16.6. The van der Waals surface area contributed by atoms with Gasteiger partial charge in [-0.2, -0.15) is 0 Å². The van der Waals surface area contributed by atoms with Gasteiger partial charge in [0.1, 0.15) is 0 Å². The fourth-order valence-electron chi connectivity index (χ4n) is 2.07. The van der Waals surface area contributed by atoms with Crippen molar-refractivity contribution in [2.75, 3.05) is 11.9 Å². The van der Waals surface area contributed by atoms with Crippen molar-refractivity contribution in [2.24, 2.45) is 5.92 Å². The first-order chi connectivity index (χ1) is 9.77. The van der Waals surface area contributed by atoms with Crippen LogP contribution in [0.3, 0.4) is 0 Å². The Labute approximate surface area is 122 Å². The van der Waals surface area contributed by atoms with E-state index in [1.165, 1.54) is 6.07 Å². The van der Waals surface area contributed by atoms with E-state index in [-0.39, 0.29) is 29.8 Å². The van der Waals surface area contributed by atoms with Gasteiger partial charge in [-0.1, -0.05) is 13.8 Å². The molecular weight excluding hydrogens is 276 g/mol. The first kappa shape index (κ1) is 16.9. The lowest BCUT2D eigenvalue weighted by atomic mass is 9.99. The van der Waals surface area contributed by atoms with Gasteiger partial charge in [-0.3, -0.25) is 10.1 Å². The number of aliphatic hydroxyl groups is 1. The first-order valence-corrected chi connectivity index (χ1v) is 6.67. The highest BCUT2D eigenvalue weighted by molar-refractivity contribution is 5.90. The number of nitrogens with one attached hydrogen (secondary N) is 1. The van der Waals surface area contributed by atoms with Crippen LogP contribution in [0.5, 0.6) is 0 Å². The van der Waals surface area contributed by atoms with E-state index in [2.05, 4.69) is 5.32 Å². The molecule has 0 bridgehead atoms. The summed E-state index contributed by atoms with van der Waals surface area (Å²) in [4.78, 5) is 21.5. The van der Waals surface area contributed by atoms with Crippen molar-refractivity contribution in [1.82, 2.24) is 0 Å². The summed E-state index contributed by atoms with van der Waals surface area (Å²) in [6.45, 7) is 5.47. The number of anilines is 1. The van der Waals surface area contributed by atoms with Crippen LogP contribution in [-0.4, -0.2) is 33.8 Å². The van der Waals surface area contributed by atoms with Crippen LogP contribution in [0.15, 0.2) is 12.1 Å². The summed E-state index contributed by atoms with van der Waals surface area (Å²) >= 11 is 0. The van der Waals surface area contributed by atoms with Gasteiger partial charge in [-0.05, 0) is 25.3 Å². The third-order valence-electron chi connectivity index (χ3n) is 3.41. The van der Waals surface area contributed by atoms with E-state index in [1.54, 1.807) is 6.92 Å². The van der Waals surface area contributed by atoms with E-state index in [0.29, 0.717) is 17.7 Å². The monoisotopic (exact) mass is 296 g/mol. The van der Waals surface area contributed by atoms with Gasteiger partial charge in [0.2, 0.25) is 0 Å². The second kappa shape index (κ2) is 7.03. The normalized spacial score (nSPS) is 12.2. The van der Waals surface area contributed by atoms with Crippen molar-refractivity contribution in [1.29, 1.82) is 0 Å². The molecule has 1 aromatic carbocycles. The maximum absolute atomic E-state index is 11.1. The Morgan fingerprint density at radius 3 is 2.48 bits per heavy atom. The molecule has 1 aromatic rings. The smallest absolute Gasteiger partial charge is 0.336 e. The Morgan fingerprint density at radius 2 is 2.05 bits per heavy atom. The lowest BCUT2D eigenvalue weighted by Gasteiger charge is -2.24. The van der Waals surface area contributed by atoms with Crippen LogP contribution in [0, 0.1) is 23.0 Å². The lowest BCUT2D eigenvalue weighted by molar-refractivity contribution is -0.385. The summed E-state index contributed by atoms with van der Waals surface area (Å²) in [5.41, 5.74) is 0.424. The van der Waals surface area contributed by atoms with Crippen LogP contribution in [0.2, 0.25) is 0 Å². The Kier molecular flexibility index (Phi) is 5.66. The van der Waals surface area contributed by atoms with Gasteiger partial charge in [0.25, 0.3) is 5.69 Å². The zero-order valence-corrected chi connectivity index (χ0v) is 12.3. The van der Waals surface area contributed by atoms with Gasteiger partial charge in [0, 0.05) is 30.0 Å². The third kappa shape index (κ3) is 4.16. The van der Waals surface area contributed by atoms with E-state index < -0.39 is 10.9 Å². The highest BCUT2D eigenvalue weighted by Crippen LogP contribution is 2.29. The fraction of sp³-hybridized carbons (Fsp3) is 0.500. The molecule has 0 saturated heterocycles. The Morgan fingerprint density at radius 1 is 1.43 bits per heavy atom. The molecule has 0 heterocycles. The quantitative estimate of drug-likeness (QED) is 0.526. The van der Waals surface area contributed by atoms with E-state index in [0.717, 1.165) is 6.07 Å². The molecule has 21 heavy (non-hydrogen) atoms. The zero-order valence-electron chi connectivity index (χ0n) is 12.3. The topological polar surface area (TPSA) is 113 Å². The number of carboxylic acids is 1. The molecule has 0 fully saturated rings. The minimum Gasteiger partial charge on any atom is -0.478 e. The van der Waals surface area contributed by atoms with Gasteiger partial charge in [-0.15, -0.1) is 0 Å². The number of aliphatic hydroxyl groups excluding tert-OH is 1. The number of carboxylic acid groups (broad SMARTS) is 1. The van der Waals surface area contributed by atoms with Crippen LogP contribution in [0.25, 0.3) is 0 Å². The number of carbonyl (C=O) groups is 1. The number of hydrogen-bond acceptors (Lipinski definition) is 5. The van der Waals surface area contributed by atoms with Crippen LogP contribution >= 0.6 is 0 Å². The summed E-state index contributed by atoms with van der Waals surface area (Å²) < 4.78 is 0. The molecule has 0 aliphatic heterocycles. The summed E-state index contributed by atoms with van der Waals surface area (Å²) in [7, 11) is 0. The number of hydrogen-bond donors (Lipinski definition) is 3. The van der Waals surface area contributed by atoms with Crippen LogP contribution < -0.4 is 5.32 Å². The number of benzene rings is 1. The predicted octanol–water partition coefficient (Wildman–Crippen LogP) is 2.42. The fourth-order valence-corrected chi connectivity index (χ4v) is 2.07.